The van der Waals surface area contributed by atoms with Crippen molar-refractivity contribution < 1.29 is 0 Å². The van der Waals surface area contributed by atoms with Crippen molar-refractivity contribution in [1.29, 1.82) is 0 Å². The smallest absolute Gasteiger partial charge is 0.0345 e. The molecular formula is C13H17NS. The van der Waals surface area contributed by atoms with E-state index in [4.69, 9.17) is 5.73 Å². The lowest BCUT2D eigenvalue weighted by molar-refractivity contribution is 0.923. The molecule has 0 atom stereocenters. The Hall–Kier alpha value is -0.860. The molecule has 80 valence electrons. The molecule has 1 aromatic carbocycles. The number of hydrogen-bond acceptors (Lipinski definition) is 2. The van der Waals surface area contributed by atoms with E-state index in [1.807, 2.05) is 11.3 Å². The Bertz CT molecular complexity index is 445. The Labute approximate surface area is 94.9 Å². The second-order valence-corrected chi connectivity index (χ2v) is 4.79. The standard InChI is InChI=1S/C13H17NS/c1-2-3-10-4-5-13-12(8-10)11(6-7-14)9-15-13/h4-5,8-9H,2-3,6-7,14H2,1H3. The number of benzene rings is 1. The molecule has 2 aromatic rings. The van der Waals surface area contributed by atoms with Crippen molar-refractivity contribution in [1.82, 2.24) is 0 Å². The molecule has 0 fully saturated rings. The van der Waals surface area contributed by atoms with Crippen LogP contribution in [0.25, 0.3) is 10.1 Å². The lowest BCUT2D eigenvalue weighted by atomic mass is 10.0. The highest BCUT2D eigenvalue weighted by Crippen LogP contribution is 2.27. The zero-order valence-corrected chi connectivity index (χ0v) is 9.94. The van der Waals surface area contributed by atoms with Crippen LogP contribution < -0.4 is 5.73 Å². The minimum absolute atomic E-state index is 0.740. The van der Waals surface area contributed by atoms with Gasteiger partial charge in [-0.3, -0.25) is 0 Å². The van der Waals surface area contributed by atoms with E-state index >= 15 is 0 Å². The summed E-state index contributed by atoms with van der Waals surface area (Å²) in [6.07, 6.45) is 3.38. The summed E-state index contributed by atoms with van der Waals surface area (Å²) in [4.78, 5) is 0. The van der Waals surface area contributed by atoms with Gasteiger partial charge < -0.3 is 5.73 Å². The molecule has 0 bridgehead atoms. The molecule has 0 amide bonds. The Morgan fingerprint density at radius 1 is 1.27 bits per heavy atom. The largest absolute Gasteiger partial charge is 0.330 e. The molecule has 0 aliphatic rings. The van der Waals surface area contributed by atoms with Crippen molar-refractivity contribution in [2.45, 2.75) is 26.2 Å². The number of rotatable bonds is 4. The predicted octanol–water partition coefficient (Wildman–Crippen LogP) is 3.36. The third-order valence-electron chi connectivity index (χ3n) is 2.67. The average Bonchev–Trinajstić information content (AvgIpc) is 2.63. The minimum atomic E-state index is 0.740. The fourth-order valence-electron chi connectivity index (χ4n) is 1.92. The average molecular weight is 219 g/mol. The summed E-state index contributed by atoms with van der Waals surface area (Å²) in [7, 11) is 0. The zero-order chi connectivity index (χ0) is 10.7. The number of aryl methyl sites for hydroxylation is 1. The molecule has 0 radical (unpaired) electrons. The third-order valence-corrected chi connectivity index (χ3v) is 3.68. The van der Waals surface area contributed by atoms with Crippen LogP contribution in [0.3, 0.4) is 0 Å². The van der Waals surface area contributed by atoms with Crippen LogP contribution in [0.5, 0.6) is 0 Å². The Kier molecular flexibility index (Phi) is 3.39. The summed E-state index contributed by atoms with van der Waals surface area (Å²) in [5.41, 5.74) is 8.47. The monoisotopic (exact) mass is 219 g/mol. The van der Waals surface area contributed by atoms with Crippen LogP contribution in [0.4, 0.5) is 0 Å². The second-order valence-electron chi connectivity index (χ2n) is 3.88. The van der Waals surface area contributed by atoms with Gasteiger partial charge >= 0.3 is 0 Å². The SMILES string of the molecule is CCCc1ccc2scc(CCN)c2c1. The first-order valence-corrected chi connectivity index (χ1v) is 6.42. The highest BCUT2D eigenvalue weighted by Gasteiger charge is 2.03. The number of nitrogens with two attached hydrogens (primary N) is 1. The van der Waals surface area contributed by atoms with Gasteiger partial charge in [0, 0.05) is 4.70 Å². The van der Waals surface area contributed by atoms with Gasteiger partial charge in [0.05, 0.1) is 0 Å². The molecule has 2 rings (SSSR count). The minimum Gasteiger partial charge on any atom is -0.330 e. The molecule has 0 aliphatic heterocycles. The topological polar surface area (TPSA) is 26.0 Å². The lowest BCUT2D eigenvalue weighted by Gasteiger charge is -2.01. The first kappa shape index (κ1) is 10.7. The fourth-order valence-corrected chi connectivity index (χ4v) is 2.90. The highest BCUT2D eigenvalue weighted by molar-refractivity contribution is 7.17. The van der Waals surface area contributed by atoms with E-state index in [1.165, 1.54) is 34.1 Å². The summed E-state index contributed by atoms with van der Waals surface area (Å²) < 4.78 is 1.39. The zero-order valence-electron chi connectivity index (χ0n) is 9.12. The van der Waals surface area contributed by atoms with E-state index < -0.39 is 0 Å². The first-order valence-electron chi connectivity index (χ1n) is 5.54. The van der Waals surface area contributed by atoms with Crippen LogP contribution in [0.15, 0.2) is 23.6 Å². The molecule has 15 heavy (non-hydrogen) atoms. The molecule has 0 saturated carbocycles. The van der Waals surface area contributed by atoms with E-state index in [0.717, 1.165) is 13.0 Å². The van der Waals surface area contributed by atoms with Crippen LogP contribution in [-0.2, 0) is 12.8 Å². The van der Waals surface area contributed by atoms with Gasteiger partial charge in [0.2, 0.25) is 0 Å². The van der Waals surface area contributed by atoms with Gasteiger partial charge in [0.15, 0.2) is 0 Å². The predicted molar refractivity (Wildman–Crippen MR) is 68.6 cm³/mol. The van der Waals surface area contributed by atoms with Crippen molar-refractivity contribution in [3.05, 3.63) is 34.7 Å². The summed E-state index contributed by atoms with van der Waals surface area (Å²) in [5.74, 6) is 0. The Balaban J connectivity index is 2.42. The van der Waals surface area contributed by atoms with E-state index in [-0.39, 0.29) is 0 Å². The molecule has 1 heterocycles. The maximum absolute atomic E-state index is 5.61. The van der Waals surface area contributed by atoms with Crippen molar-refractivity contribution >= 4 is 21.4 Å². The van der Waals surface area contributed by atoms with E-state index in [2.05, 4.69) is 30.5 Å². The lowest BCUT2D eigenvalue weighted by Crippen LogP contribution is -2.01. The first-order chi connectivity index (χ1) is 7.35. The molecule has 2 N–H and O–H groups in total. The van der Waals surface area contributed by atoms with Crippen LogP contribution in [0.1, 0.15) is 24.5 Å². The molecule has 0 saturated heterocycles. The summed E-state index contributed by atoms with van der Waals surface area (Å²) in [6.45, 7) is 2.96. The summed E-state index contributed by atoms with van der Waals surface area (Å²) >= 11 is 1.83. The third kappa shape index (κ3) is 2.21. The van der Waals surface area contributed by atoms with Crippen molar-refractivity contribution in [2.75, 3.05) is 6.54 Å². The molecule has 0 aliphatic carbocycles. The highest BCUT2D eigenvalue weighted by atomic mass is 32.1. The van der Waals surface area contributed by atoms with E-state index in [1.54, 1.807) is 0 Å². The molecule has 0 spiro atoms. The summed E-state index contributed by atoms with van der Waals surface area (Å²) in [5, 5.41) is 3.66. The van der Waals surface area contributed by atoms with Gasteiger partial charge in [0.25, 0.3) is 0 Å². The number of hydrogen-bond donors (Lipinski definition) is 1. The van der Waals surface area contributed by atoms with Gasteiger partial charge in [-0.2, -0.15) is 0 Å². The van der Waals surface area contributed by atoms with Crippen molar-refractivity contribution in [2.24, 2.45) is 5.73 Å². The van der Waals surface area contributed by atoms with Crippen LogP contribution in [-0.4, -0.2) is 6.54 Å². The Morgan fingerprint density at radius 2 is 2.13 bits per heavy atom. The maximum atomic E-state index is 5.61. The fraction of sp³-hybridized carbons (Fsp3) is 0.385. The van der Waals surface area contributed by atoms with Gasteiger partial charge in [-0.1, -0.05) is 25.5 Å². The molecule has 0 unspecified atom stereocenters. The normalized spacial score (nSPS) is 11.1. The second kappa shape index (κ2) is 4.77. The Morgan fingerprint density at radius 3 is 2.87 bits per heavy atom. The van der Waals surface area contributed by atoms with Gasteiger partial charge in [-0.05, 0) is 47.3 Å². The quantitative estimate of drug-likeness (QED) is 0.838. The van der Waals surface area contributed by atoms with Crippen LogP contribution in [0.2, 0.25) is 0 Å². The van der Waals surface area contributed by atoms with E-state index in [9.17, 15) is 0 Å². The van der Waals surface area contributed by atoms with E-state index in [0.29, 0.717) is 0 Å². The van der Waals surface area contributed by atoms with Crippen molar-refractivity contribution in [3.63, 3.8) is 0 Å². The van der Waals surface area contributed by atoms with Gasteiger partial charge in [0.1, 0.15) is 0 Å². The molecule has 2 heteroatoms. The molecule has 1 nitrogen and oxygen atoms in total. The van der Waals surface area contributed by atoms with Crippen molar-refractivity contribution in [3.8, 4) is 0 Å². The van der Waals surface area contributed by atoms with Gasteiger partial charge in [-0.15, -0.1) is 11.3 Å². The maximum Gasteiger partial charge on any atom is 0.0345 e. The molecular weight excluding hydrogens is 202 g/mol. The van der Waals surface area contributed by atoms with Crippen LogP contribution >= 0.6 is 11.3 Å². The molecule has 1 aromatic heterocycles. The number of fused-ring (bicyclic) bond motifs is 1. The number of thiophene rings is 1. The van der Waals surface area contributed by atoms with Crippen LogP contribution in [0, 0.1) is 0 Å². The van der Waals surface area contributed by atoms with Gasteiger partial charge in [-0.25, -0.2) is 0 Å². The summed E-state index contributed by atoms with van der Waals surface area (Å²) in [6, 6.07) is 6.82.